The first-order valence-electron chi connectivity index (χ1n) is 10.1. The molecule has 2 fully saturated rings. The topological polar surface area (TPSA) is 51.5 Å². The van der Waals surface area contributed by atoms with Gasteiger partial charge in [-0.25, -0.2) is 0 Å². The maximum Gasteiger partial charge on any atom is 0.335 e. The molecule has 1 saturated heterocycles. The average molecular weight is 396 g/mol. The first kappa shape index (κ1) is 21.8. The van der Waals surface area contributed by atoms with E-state index in [1.54, 1.807) is 0 Å². The Labute approximate surface area is 162 Å². The maximum absolute atomic E-state index is 10.2. The van der Waals surface area contributed by atoms with Gasteiger partial charge in [-0.3, -0.25) is 0 Å². The van der Waals surface area contributed by atoms with E-state index >= 15 is 0 Å². The highest BCUT2D eigenvalue weighted by molar-refractivity contribution is 6.84. The normalized spacial score (nSPS) is 31.2. The van der Waals surface area contributed by atoms with Crippen molar-refractivity contribution in [3.8, 4) is 6.07 Å². The molecule has 1 saturated carbocycles. The lowest BCUT2D eigenvalue weighted by atomic mass is 9.84. The number of hydrogen-bond donors (Lipinski definition) is 0. The number of nitriles is 1. The second-order valence-corrected chi connectivity index (χ2v) is 18.1. The highest BCUT2D eigenvalue weighted by Gasteiger charge is 2.62. The molecule has 4 nitrogen and oxygen atoms in total. The van der Waals surface area contributed by atoms with E-state index in [0.717, 1.165) is 18.4 Å². The molecule has 1 aliphatic heterocycles. The zero-order valence-corrected chi connectivity index (χ0v) is 19.9. The fourth-order valence-electron chi connectivity index (χ4n) is 4.70. The summed E-state index contributed by atoms with van der Waals surface area (Å²) in [5.74, 6) is 0. The molecule has 1 aliphatic carbocycles. The Morgan fingerprint density at radius 1 is 1.00 bits per heavy atom. The molecule has 0 aromatic heterocycles. The first-order chi connectivity index (χ1) is 12.0. The van der Waals surface area contributed by atoms with Crippen molar-refractivity contribution in [3.05, 3.63) is 12.2 Å². The number of rotatable bonds is 4. The molecule has 0 spiro atoms. The SMILES string of the molecule is C=C1CCC2O[Si](C(C)C)(C(C)C)O[Si](C(C)C)(C(C)C)OCC12C#N. The Hall–Kier alpha value is -0.456. The summed E-state index contributed by atoms with van der Waals surface area (Å²) < 4.78 is 20.8. The van der Waals surface area contributed by atoms with Crippen LogP contribution in [0.1, 0.15) is 68.2 Å². The Balaban J connectivity index is 2.67. The molecule has 0 aromatic carbocycles. The van der Waals surface area contributed by atoms with E-state index in [0.29, 0.717) is 17.7 Å². The average Bonchev–Trinajstić information content (AvgIpc) is 2.82. The molecule has 0 radical (unpaired) electrons. The first-order valence-corrected chi connectivity index (χ1v) is 14.0. The van der Waals surface area contributed by atoms with Crippen molar-refractivity contribution in [1.29, 1.82) is 5.26 Å². The van der Waals surface area contributed by atoms with E-state index in [9.17, 15) is 5.26 Å². The third-order valence-electron chi connectivity index (χ3n) is 6.48. The van der Waals surface area contributed by atoms with Gasteiger partial charge in [0.25, 0.3) is 0 Å². The van der Waals surface area contributed by atoms with Crippen LogP contribution in [0.15, 0.2) is 12.2 Å². The smallest absolute Gasteiger partial charge is 0.335 e. The minimum atomic E-state index is -2.62. The maximum atomic E-state index is 10.2. The van der Waals surface area contributed by atoms with Crippen LogP contribution in [0.2, 0.25) is 22.2 Å². The predicted molar refractivity (Wildman–Crippen MR) is 110 cm³/mol. The van der Waals surface area contributed by atoms with E-state index in [4.69, 9.17) is 13.0 Å². The standard InChI is InChI=1S/C20H37NO3Si2/c1-14(2)25(15(3)4)22-13-20(12-21)18(9)10-11-19(20)23-26(24-25,16(5)6)17(7)8/h14-17,19H,9-11,13H2,1-8H3. The third-order valence-corrected chi connectivity index (χ3v) is 16.7. The van der Waals surface area contributed by atoms with Crippen LogP contribution < -0.4 is 0 Å². The van der Waals surface area contributed by atoms with E-state index in [-0.39, 0.29) is 17.2 Å². The summed E-state index contributed by atoms with van der Waals surface area (Å²) in [5.41, 5.74) is 1.40. The van der Waals surface area contributed by atoms with Gasteiger partial charge in [0.2, 0.25) is 0 Å². The Bertz CT molecular complexity index is 566. The van der Waals surface area contributed by atoms with Crippen LogP contribution in [0, 0.1) is 16.7 Å². The minimum absolute atomic E-state index is 0.164. The Morgan fingerprint density at radius 2 is 1.50 bits per heavy atom. The van der Waals surface area contributed by atoms with Gasteiger partial charge in [-0.1, -0.05) is 67.5 Å². The van der Waals surface area contributed by atoms with Gasteiger partial charge in [-0.2, -0.15) is 5.26 Å². The van der Waals surface area contributed by atoms with Crippen LogP contribution in [0.5, 0.6) is 0 Å². The van der Waals surface area contributed by atoms with Crippen LogP contribution >= 0.6 is 0 Å². The molecule has 2 rings (SSSR count). The number of fused-ring (bicyclic) bond motifs is 1. The molecule has 148 valence electrons. The van der Waals surface area contributed by atoms with Crippen LogP contribution in [0.3, 0.4) is 0 Å². The van der Waals surface area contributed by atoms with Crippen molar-refractivity contribution in [3.63, 3.8) is 0 Å². The third kappa shape index (κ3) is 3.16. The Kier molecular flexibility index (Phi) is 6.31. The summed E-state index contributed by atoms with van der Waals surface area (Å²) in [4.78, 5) is 0. The quantitative estimate of drug-likeness (QED) is 0.445. The molecule has 2 unspecified atom stereocenters. The fraction of sp³-hybridized carbons (Fsp3) is 0.850. The van der Waals surface area contributed by atoms with Crippen LogP contribution in [-0.2, 0) is 13.0 Å². The molecule has 0 bridgehead atoms. The molecule has 26 heavy (non-hydrogen) atoms. The summed E-state index contributed by atoms with van der Waals surface area (Å²) in [7, 11) is -5.20. The monoisotopic (exact) mass is 395 g/mol. The number of nitrogens with zero attached hydrogens (tertiary/aromatic N) is 1. The Morgan fingerprint density at radius 3 is 1.92 bits per heavy atom. The second-order valence-electron chi connectivity index (χ2n) is 9.28. The molecule has 6 heteroatoms. The fourth-order valence-corrected chi connectivity index (χ4v) is 16.0. The van der Waals surface area contributed by atoms with E-state index in [2.05, 4.69) is 68.0 Å². The molecule has 2 aliphatic rings. The van der Waals surface area contributed by atoms with E-state index in [1.807, 2.05) is 0 Å². The van der Waals surface area contributed by atoms with Crippen LogP contribution in [0.4, 0.5) is 0 Å². The molecule has 1 heterocycles. The molecule has 0 aromatic rings. The summed E-state index contributed by atoms with van der Waals surface area (Å²) in [6, 6.07) is 2.57. The van der Waals surface area contributed by atoms with Gasteiger partial charge in [0, 0.05) is 0 Å². The van der Waals surface area contributed by atoms with Crippen molar-refractivity contribution in [2.75, 3.05) is 6.61 Å². The van der Waals surface area contributed by atoms with Crippen molar-refractivity contribution in [2.24, 2.45) is 5.41 Å². The van der Waals surface area contributed by atoms with Gasteiger partial charge in [0.15, 0.2) is 0 Å². The molecule has 0 N–H and O–H groups in total. The molecule has 0 amide bonds. The summed E-state index contributed by atoms with van der Waals surface area (Å²) in [6.07, 6.45) is 1.51. The number of hydrogen-bond acceptors (Lipinski definition) is 4. The van der Waals surface area contributed by atoms with Crippen molar-refractivity contribution in [2.45, 2.75) is 96.5 Å². The van der Waals surface area contributed by atoms with Gasteiger partial charge < -0.3 is 13.0 Å². The molecule has 2 atom stereocenters. The van der Waals surface area contributed by atoms with Gasteiger partial charge in [-0.15, -0.1) is 0 Å². The van der Waals surface area contributed by atoms with Crippen LogP contribution in [0.25, 0.3) is 0 Å². The van der Waals surface area contributed by atoms with E-state index in [1.165, 1.54) is 0 Å². The van der Waals surface area contributed by atoms with Crippen molar-refractivity contribution >= 4 is 17.1 Å². The van der Waals surface area contributed by atoms with Crippen molar-refractivity contribution in [1.82, 2.24) is 0 Å². The zero-order valence-electron chi connectivity index (χ0n) is 17.9. The van der Waals surface area contributed by atoms with Crippen molar-refractivity contribution < 1.29 is 13.0 Å². The van der Waals surface area contributed by atoms with Gasteiger partial charge >= 0.3 is 17.1 Å². The second kappa shape index (κ2) is 7.52. The molecular weight excluding hydrogens is 358 g/mol. The highest BCUT2D eigenvalue weighted by atomic mass is 28.5. The summed E-state index contributed by atoms with van der Waals surface area (Å²) in [6.45, 7) is 22.3. The van der Waals surface area contributed by atoms with Gasteiger partial charge in [-0.05, 0) is 35.0 Å². The summed E-state index contributed by atoms with van der Waals surface area (Å²) >= 11 is 0. The van der Waals surface area contributed by atoms with E-state index < -0.39 is 22.5 Å². The zero-order chi connectivity index (χ0) is 19.9. The van der Waals surface area contributed by atoms with Crippen LogP contribution in [-0.4, -0.2) is 29.8 Å². The lowest BCUT2D eigenvalue weighted by Gasteiger charge is -2.52. The highest BCUT2D eigenvalue weighted by Crippen LogP contribution is 2.53. The van der Waals surface area contributed by atoms with Gasteiger partial charge in [0.05, 0.1) is 18.8 Å². The van der Waals surface area contributed by atoms with Gasteiger partial charge in [0.1, 0.15) is 5.41 Å². The predicted octanol–water partition coefficient (Wildman–Crippen LogP) is 5.80. The molecular formula is C20H37NO3Si2. The largest absolute Gasteiger partial charge is 0.414 e. The minimum Gasteiger partial charge on any atom is -0.414 e. The lowest BCUT2D eigenvalue weighted by Crippen LogP contribution is -2.65. The summed E-state index contributed by atoms with van der Waals surface area (Å²) in [5, 5.41) is 10.2. The lowest BCUT2D eigenvalue weighted by molar-refractivity contribution is 0.0170.